The van der Waals surface area contributed by atoms with Gasteiger partial charge in [0.25, 0.3) is 23.6 Å². The molecule has 0 aliphatic carbocycles. The summed E-state index contributed by atoms with van der Waals surface area (Å²) in [6, 6.07) is 6.99. The molecule has 0 aromatic heterocycles. The van der Waals surface area contributed by atoms with Gasteiger partial charge in [-0.3, -0.25) is 19.2 Å². The van der Waals surface area contributed by atoms with Crippen LogP contribution in [0.4, 0.5) is 5.69 Å². The molecule has 1 aromatic rings. The van der Waals surface area contributed by atoms with Crippen LogP contribution < -0.4 is 4.90 Å². The van der Waals surface area contributed by atoms with Crippen molar-refractivity contribution >= 4 is 35.3 Å². The van der Waals surface area contributed by atoms with Gasteiger partial charge in [-0.05, 0) is 43.4 Å². The summed E-state index contributed by atoms with van der Waals surface area (Å²) in [6.45, 7) is 7.31. The van der Waals surface area contributed by atoms with Gasteiger partial charge >= 0.3 is 5.97 Å². The molecule has 0 saturated carbocycles. The highest BCUT2D eigenvalue weighted by Gasteiger charge is 2.41. The van der Waals surface area contributed by atoms with Gasteiger partial charge in [-0.1, -0.05) is 26.0 Å². The molecule has 2 aliphatic rings. The fraction of sp³-hybridized carbons (Fsp3) is 0.409. The molecule has 2 aliphatic heterocycles. The predicted molar refractivity (Wildman–Crippen MR) is 107 cm³/mol. The number of nitrogens with zero attached hydrogens (tertiary/aromatic N) is 2. The van der Waals surface area contributed by atoms with Crippen LogP contribution in [0.25, 0.3) is 0 Å². The fourth-order valence-corrected chi connectivity index (χ4v) is 3.86. The third-order valence-electron chi connectivity index (χ3n) is 5.33. The van der Waals surface area contributed by atoms with E-state index in [1.54, 1.807) is 26.0 Å². The van der Waals surface area contributed by atoms with Crippen LogP contribution in [0.3, 0.4) is 0 Å². The van der Waals surface area contributed by atoms with E-state index in [0.717, 1.165) is 10.5 Å². The van der Waals surface area contributed by atoms with Crippen molar-refractivity contribution in [2.24, 2.45) is 5.41 Å². The standard InChI is InChI=1S/C22H24N2O6/c1-21(2,13-22(3,4)20(29)30-24-18(27)11-12-19(24)28)14-5-7-15(8-6-14)23-16(25)9-10-17(23)26/h5-10H,11-13H2,1-4H3. The first-order valence-electron chi connectivity index (χ1n) is 9.67. The number of imide groups is 2. The van der Waals surface area contributed by atoms with Crippen LogP contribution >= 0.6 is 0 Å². The average molecular weight is 412 g/mol. The van der Waals surface area contributed by atoms with Crippen molar-refractivity contribution in [3.8, 4) is 0 Å². The maximum atomic E-state index is 12.7. The minimum absolute atomic E-state index is 0.0436. The molecule has 30 heavy (non-hydrogen) atoms. The number of carbonyl (C=O) groups is 5. The summed E-state index contributed by atoms with van der Waals surface area (Å²) in [7, 11) is 0. The molecule has 2 heterocycles. The molecule has 8 heteroatoms. The van der Waals surface area contributed by atoms with Gasteiger partial charge < -0.3 is 4.84 Å². The van der Waals surface area contributed by atoms with Crippen LogP contribution in [0.2, 0.25) is 0 Å². The monoisotopic (exact) mass is 412 g/mol. The Balaban J connectivity index is 1.72. The van der Waals surface area contributed by atoms with E-state index in [4.69, 9.17) is 4.84 Å². The van der Waals surface area contributed by atoms with E-state index in [9.17, 15) is 24.0 Å². The molecule has 0 unspecified atom stereocenters. The van der Waals surface area contributed by atoms with E-state index in [-0.39, 0.29) is 24.7 Å². The van der Waals surface area contributed by atoms with Gasteiger partial charge in [0.1, 0.15) is 0 Å². The molecule has 0 atom stereocenters. The molecule has 0 spiro atoms. The maximum Gasteiger partial charge on any atom is 0.338 e. The number of hydrogen-bond donors (Lipinski definition) is 0. The molecular formula is C22H24N2O6. The number of carbonyl (C=O) groups excluding carboxylic acids is 5. The van der Waals surface area contributed by atoms with E-state index in [2.05, 4.69) is 0 Å². The van der Waals surface area contributed by atoms with Gasteiger partial charge in [-0.2, -0.15) is 0 Å². The predicted octanol–water partition coefficient (Wildman–Crippen LogP) is 2.42. The van der Waals surface area contributed by atoms with Crippen molar-refractivity contribution in [1.82, 2.24) is 5.06 Å². The quantitative estimate of drug-likeness (QED) is 0.665. The lowest BCUT2D eigenvalue weighted by molar-refractivity contribution is -0.204. The van der Waals surface area contributed by atoms with Crippen LogP contribution in [0.15, 0.2) is 36.4 Å². The zero-order valence-corrected chi connectivity index (χ0v) is 17.4. The number of hydroxylamine groups is 2. The fourth-order valence-electron chi connectivity index (χ4n) is 3.86. The Labute approximate surface area is 174 Å². The topological polar surface area (TPSA) is 101 Å². The van der Waals surface area contributed by atoms with Crippen LogP contribution in [-0.4, -0.2) is 34.7 Å². The first-order valence-corrected chi connectivity index (χ1v) is 9.67. The minimum atomic E-state index is -0.976. The summed E-state index contributed by atoms with van der Waals surface area (Å²) in [6.07, 6.45) is 2.91. The molecular weight excluding hydrogens is 388 g/mol. The van der Waals surface area contributed by atoms with Gasteiger partial charge in [0.05, 0.1) is 11.1 Å². The molecule has 8 nitrogen and oxygen atoms in total. The third kappa shape index (κ3) is 4.03. The third-order valence-corrected chi connectivity index (χ3v) is 5.33. The van der Waals surface area contributed by atoms with Crippen molar-refractivity contribution in [1.29, 1.82) is 0 Å². The molecule has 1 saturated heterocycles. The van der Waals surface area contributed by atoms with Gasteiger partial charge in [0, 0.05) is 25.0 Å². The number of anilines is 1. The largest absolute Gasteiger partial charge is 0.338 e. The summed E-state index contributed by atoms with van der Waals surface area (Å²) in [4.78, 5) is 65.9. The lowest BCUT2D eigenvalue weighted by atomic mass is 9.71. The summed E-state index contributed by atoms with van der Waals surface area (Å²) in [5.74, 6) is -2.46. The highest BCUT2D eigenvalue weighted by atomic mass is 16.7. The Morgan fingerprint density at radius 1 is 0.900 bits per heavy atom. The van der Waals surface area contributed by atoms with Crippen molar-refractivity contribution < 1.29 is 28.8 Å². The van der Waals surface area contributed by atoms with Crippen LogP contribution in [0.1, 0.15) is 52.5 Å². The second-order valence-corrected chi connectivity index (χ2v) is 8.80. The van der Waals surface area contributed by atoms with Crippen LogP contribution in [0, 0.1) is 5.41 Å². The molecule has 3 rings (SSSR count). The summed E-state index contributed by atoms with van der Waals surface area (Å²) in [5.41, 5.74) is -0.0835. The average Bonchev–Trinajstić information content (AvgIpc) is 3.16. The summed E-state index contributed by atoms with van der Waals surface area (Å²) < 4.78 is 0. The SMILES string of the molecule is CC(C)(CC(C)(C)c1ccc(N2C(=O)C=CC2=O)cc1)C(=O)ON1C(=O)CCC1=O. The first kappa shape index (κ1) is 21.4. The second kappa shape index (κ2) is 7.51. The van der Waals surface area contributed by atoms with E-state index < -0.39 is 28.6 Å². The summed E-state index contributed by atoms with van der Waals surface area (Å²) >= 11 is 0. The number of amides is 4. The second-order valence-electron chi connectivity index (χ2n) is 8.80. The molecule has 1 fully saturated rings. The molecule has 4 amide bonds. The molecule has 0 bridgehead atoms. The van der Waals surface area contributed by atoms with Crippen molar-refractivity contribution in [2.75, 3.05) is 4.90 Å². The lowest BCUT2D eigenvalue weighted by Gasteiger charge is -2.34. The lowest BCUT2D eigenvalue weighted by Crippen LogP contribution is -2.40. The highest BCUT2D eigenvalue weighted by molar-refractivity contribution is 6.28. The van der Waals surface area contributed by atoms with Crippen LogP contribution in [0.5, 0.6) is 0 Å². The zero-order valence-electron chi connectivity index (χ0n) is 17.4. The normalized spacial score (nSPS) is 17.3. The van der Waals surface area contributed by atoms with E-state index >= 15 is 0 Å². The number of hydrogen-bond acceptors (Lipinski definition) is 6. The zero-order chi connectivity index (χ0) is 22.3. The first-order chi connectivity index (χ1) is 13.9. The van der Waals surface area contributed by atoms with Crippen LogP contribution in [-0.2, 0) is 34.2 Å². The van der Waals surface area contributed by atoms with Gasteiger partial charge in [0.15, 0.2) is 0 Å². The van der Waals surface area contributed by atoms with Gasteiger partial charge in [0.2, 0.25) is 0 Å². The van der Waals surface area contributed by atoms with Crippen molar-refractivity contribution in [2.45, 2.75) is 52.4 Å². The summed E-state index contributed by atoms with van der Waals surface area (Å²) in [5, 5.41) is 0.560. The Hall–Kier alpha value is -3.29. The molecule has 0 radical (unpaired) electrons. The van der Waals surface area contributed by atoms with Gasteiger partial charge in [-0.15, -0.1) is 5.06 Å². The number of rotatable bonds is 6. The Morgan fingerprint density at radius 3 is 1.90 bits per heavy atom. The molecule has 1 aromatic carbocycles. The molecule has 0 N–H and O–H groups in total. The Morgan fingerprint density at radius 2 is 1.40 bits per heavy atom. The van der Waals surface area contributed by atoms with Crippen molar-refractivity contribution in [3.63, 3.8) is 0 Å². The van der Waals surface area contributed by atoms with Crippen molar-refractivity contribution in [3.05, 3.63) is 42.0 Å². The highest BCUT2D eigenvalue weighted by Crippen LogP contribution is 2.38. The van der Waals surface area contributed by atoms with E-state index in [0.29, 0.717) is 17.2 Å². The van der Waals surface area contributed by atoms with Gasteiger partial charge in [-0.25, -0.2) is 9.69 Å². The Bertz CT molecular complexity index is 924. The van der Waals surface area contributed by atoms with E-state index in [1.165, 1.54) is 12.2 Å². The minimum Gasteiger partial charge on any atom is -0.330 e. The van der Waals surface area contributed by atoms with E-state index in [1.807, 2.05) is 26.0 Å². The number of benzene rings is 1. The Kier molecular flexibility index (Phi) is 5.36. The maximum absolute atomic E-state index is 12.7. The smallest absolute Gasteiger partial charge is 0.330 e. The molecule has 158 valence electrons.